The van der Waals surface area contributed by atoms with Crippen LogP contribution in [0.15, 0.2) is 24.5 Å². The number of hydrogen-bond acceptors (Lipinski definition) is 6. The Morgan fingerprint density at radius 1 is 1.53 bits per heavy atom. The molecule has 2 rings (SSSR count). The molecule has 0 saturated heterocycles. The van der Waals surface area contributed by atoms with Crippen LogP contribution in [-0.2, 0) is 6.54 Å². The van der Waals surface area contributed by atoms with E-state index in [-0.39, 0.29) is 23.5 Å². The Balaban J connectivity index is 2.11. The first-order valence-electron chi connectivity index (χ1n) is 5.24. The number of hydrogen-bond donors (Lipinski definition) is 3. The van der Waals surface area contributed by atoms with Crippen LogP contribution in [0.4, 0.5) is 11.4 Å². The predicted molar refractivity (Wildman–Crippen MR) is 65.1 cm³/mol. The number of nitrogens with two attached hydrogens (primary N) is 1. The molecule has 0 aliphatic carbocycles. The van der Waals surface area contributed by atoms with Crippen LogP contribution in [-0.4, -0.2) is 26.0 Å². The fourth-order valence-electron chi connectivity index (χ4n) is 1.43. The molecule has 9 heteroatoms. The molecule has 0 atom stereocenters. The molecule has 0 aliphatic heterocycles. The van der Waals surface area contributed by atoms with Gasteiger partial charge < -0.3 is 11.1 Å². The van der Waals surface area contributed by atoms with Crippen molar-refractivity contribution in [1.82, 2.24) is 20.5 Å². The number of anilines is 1. The Bertz CT molecular complexity index is 610. The number of nitrogen functional groups attached to an aromatic ring is 1. The van der Waals surface area contributed by atoms with Crippen molar-refractivity contribution in [3.8, 4) is 0 Å². The van der Waals surface area contributed by atoms with Gasteiger partial charge in [0.15, 0.2) is 0 Å². The lowest BCUT2D eigenvalue weighted by Crippen LogP contribution is -2.23. The van der Waals surface area contributed by atoms with Gasteiger partial charge in [0.1, 0.15) is 17.8 Å². The summed E-state index contributed by atoms with van der Waals surface area (Å²) in [5.74, 6) is 0.0257. The number of nitro groups is 1. The van der Waals surface area contributed by atoms with Gasteiger partial charge in [0, 0.05) is 11.6 Å². The van der Waals surface area contributed by atoms with E-state index in [1.165, 1.54) is 18.5 Å². The maximum atomic E-state index is 11.8. The number of carbonyl (C=O) groups excluding carboxylic acids is 1. The lowest BCUT2D eigenvalue weighted by atomic mass is 10.1. The number of benzene rings is 1. The predicted octanol–water partition coefficient (Wildman–Crippen LogP) is 0.225. The zero-order valence-corrected chi connectivity index (χ0v) is 9.66. The summed E-state index contributed by atoms with van der Waals surface area (Å²) >= 11 is 0. The molecular formula is C10H10N6O3. The van der Waals surface area contributed by atoms with E-state index in [1.807, 2.05) is 0 Å². The van der Waals surface area contributed by atoms with E-state index in [1.54, 1.807) is 0 Å². The quantitative estimate of drug-likeness (QED) is 0.409. The summed E-state index contributed by atoms with van der Waals surface area (Å²) < 4.78 is 0. The summed E-state index contributed by atoms with van der Waals surface area (Å²) in [6.07, 6.45) is 1.32. The second-order valence-corrected chi connectivity index (χ2v) is 3.65. The Morgan fingerprint density at radius 2 is 2.32 bits per heavy atom. The Labute approximate surface area is 107 Å². The normalized spacial score (nSPS) is 10.1. The van der Waals surface area contributed by atoms with Crippen LogP contribution in [0.25, 0.3) is 0 Å². The largest absolute Gasteiger partial charge is 0.393 e. The highest BCUT2D eigenvalue weighted by molar-refractivity contribution is 5.95. The number of rotatable bonds is 4. The van der Waals surface area contributed by atoms with Gasteiger partial charge in [-0.2, -0.15) is 5.10 Å². The Kier molecular flexibility index (Phi) is 3.37. The minimum atomic E-state index is -0.636. The van der Waals surface area contributed by atoms with Crippen molar-refractivity contribution in [3.63, 3.8) is 0 Å². The molecule has 0 saturated carbocycles. The number of aromatic amines is 1. The first-order valence-corrected chi connectivity index (χ1v) is 5.24. The van der Waals surface area contributed by atoms with Crippen LogP contribution in [0.1, 0.15) is 16.2 Å². The van der Waals surface area contributed by atoms with Crippen molar-refractivity contribution in [2.24, 2.45) is 0 Å². The van der Waals surface area contributed by atoms with Gasteiger partial charge in [-0.15, -0.1) is 0 Å². The van der Waals surface area contributed by atoms with Gasteiger partial charge in [-0.25, -0.2) is 4.98 Å². The maximum Gasteiger partial charge on any atom is 0.292 e. The molecule has 0 bridgehead atoms. The van der Waals surface area contributed by atoms with Crippen molar-refractivity contribution in [3.05, 3.63) is 46.0 Å². The summed E-state index contributed by atoms with van der Waals surface area (Å²) in [5.41, 5.74) is 5.31. The minimum Gasteiger partial charge on any atom is -0.393 e. The first-order chi connectivity index (χ1) is 9.08. The van der Waals surface area contributed by atoms with E-state index < -0.39 is 10.8 Å². The molecular weight excluding hydrogens is 252 g/mol. The zero-order valence-electron chi connectivity index (χ0n) is 9.66. The van der Waals surface area contributed by atoms with Gasteiger partial charge in [-0.1, -0.05) is 0 Å². The van der Waals surface area contributed by atoms with Crippen LogP contribution in [0.5, 0.6) is 0 Å². The van der Waals surface area contributed by atoms with E-state index in [0.29, 0.717) is 5.82 Å². The van der Waals surface area contributed by atoms with Crippen LogP contribution in [0.3, 0.4) is 0 Å². The third-order valence-corrected chi connectivity index (χ3v) is 2.37. The van der Waals surface area contributed by atoms with Gasteiger partial charge in [-0.05, 0) is 12.1 Å². The van der Waals surface area contributed by atoms with Crippen molar-refractivity contribution >= 4 is 17.3 Å². The van der Waals surface area contributed by atoms with Gasteiger partial charge in [0.2, 0.25) is 0 Å². The third kappa shape index (κ3) is 2.83. The SMILES string of the molecule is Nc1ccc(C(=O)NCc2ncn[nH]2)cc1[N+](=O)[O-]. The summed E-state index contributed by atoms with van der Waals surface area (Å²) in [7, 11) is 0. The molecule has 98 valence electrons. The number of carbonyl (C=O) groups is 1. The first kappa shape index (κ1) is 12.5. The average Bonchev–Trinajstić information content (AvgIpc) is 2.89. The van der Waals surface area contributed by atoms with E-state index >= 15 is 0 Å². The standard InChI is InChI=1S/C10H10N6O3/c11-7-2-1-6(3-8(7)16(18)19)10(17)12-4-9-13-5-14-15-9/h1-3,5H,4,11H2,(H,12,17)(H,13,14,15). The molecule has 1 amide bonds. The van der Waals surface area contributed by atoms with Gasteiger partial charge in [-0.3, -0.25) is 20.0 Å². The highest BCUT2D eigenvalue weighted by Gasteiger charge is 2.15. The number of H-pyrrole nitrogens is 1. The molecule has 2 aromatic rings. The van der Waals surface area contributed by atoms with Gasteiger partial charge in [0.05, 0.1) is 11.5 Å². The minimum absolute atomic E-state index is 0.0109. The van der Waals surface area contributed by atoms with Crippen molar-refractivity contribution in [1.29, 1.82) is 0 Å². The van der Waals surface area contributed by atoms with Crippen LogP contribution < -0.4 is 11.1 Å². The second kappa shape index (κ2) is 5.12. The summed E-state index contributed by atoms with van der Waals surface area (Å²) in [5, 5.41) is 19.5. The number of aromatic nitrogens is 3. The molecule has 19 heavy (non-hydrogen) atoms. The molecule has 0 unspecified atom stereocenters. The lowest BCUT2D eigenvalue weighted by Gasteiger charge is -2.04. The summed E-state index contributed by atoms with van der Waals surface area (Å²) in [6, 6.07) is 3.87. The van der Waals surface area contributed by atoms with Crippen molar-refractivity contribution < 1.29 is 9.72 Å². The van der Waals surface area contributed by atoms with Crippen LogP contribution >= 0.6 is 0 Å². The van der Waals surface area contributed by atoms with Gasteiger partial charge in [0.25, 0.3) is 11.6 Å². The van der Waals surface area contributed by atoms with Gasteiger partial charge >= 0.3 is 0 Å². The number of nitrogens with zero attached hydrogens (tertiary/aromatic N) is 3. The number of nitro benzene ring substituents is 1. The van der Waals surface area contributed by atoms with E-state index in [4.69, 9.17) is 5.73 Å². The molecule has 0 aliphatic rings. The Morgan fingerprint density at radius 3 is 2.95 bits per heavy atom. The fourth-order valence-corrected chi connectivity index (χ4v) is 1.43. The summed E-state index contributed by atoms with van der Waals surface area (Å²) in [4.78, 5) is 25.7. The van der Waals surface area contributed by atoms with Crippen LogP contribution in [0, 0.1) is 10.1 Å². The smallest absolute Gasteiger partial charge is 0.292 e. The molecule has 0 fully saturated rings. The topological polar surface area (TPSA) is 140 Å². The monoisotopic (exact) mass is 262 g/mol. The molecule has 1 aromatic heterocycles. The molecule has 9 nitrogen and oxygen atoms in total. The molecule has 1 aromatic carbocycles. The highest BCUT2D eigenvalue weighted by atomic mass is 16.6. The van der Waals surface area contributed by atoms with E-state index in [9.17, 15) is 14.9 Å². The second-order valence-electron chi connectivity index (χ2n) is 3.65. The highest BCUT2D eigenvalue weighted by Crippen LogP contribution is 2.22. The van der Waals surface area contributed by atoms with Crippen LogP contribution in [0.2, 0.25) is 0 Å². The molecule has 1 heterocycles. The van der Waals surface area contributed by atoms with E-state index in [0.717, 1.165) is 6.07 Å². The Hall–Kier alpha value is -2.97. The summed E-state index contributed by atoms with van der Waals surface area (Å²) in [6.45, 7) is 0.150. The zero-order chi connectivity index (χ0) is 13.8. The van der Waals surface area contributed by atoms with E-state index in [2.05, 4.69) is 20.5 Å². The average molecular weight is 262 g/mol. The third-order valence-electron chi connectivity index (χ3n) is 2.37. The van der Waals surface area contributed by atoms with Crippen molar-refractivity contribution in [2.75, 3.05) is 5.73 Å². The lowest BCUT2D eigenvalue weighted by molar-refractivity contribution is -0.383. The number of nitrogens with one attached hydrogen (secondary N) is 2. The molecule has 0 spiro atoms. The number of amides is 1. The maximum absolute atomic E-state index is 11.8. The fraction of sp³-hybridized carbons (Fsp3) is 0.100. The molecule has 4 N–H and O–H groups in total. The van der Waals surface area contributed by atoms with Crippen molar-refractivity contribution in [2.45, 2.75) is 6.54 Å². The molecule has 0 radical (unpaired) electrons.